The summed E-state index contributed by atoms with van der Waals surface area (Å²) in [6.45, 7) is 0.539. The Morgan fingerprint density at radius 1 is 1.20 bits per heavy atom. The predicted octanol–water partition coefficient (Wildman–Crippen LogP) is 0.488. The van der Waals surface area contributed by atoms with Gasteiger partial charge in [-0.15, -0.1) is 0 Å². The lowest BCUT2D eigenvalue weighted by Crippen LogP contribution is -2.51. The molecule has 1 fully saturated rings. The van der Waals surface area contributed by atoms with Gasteiger partial charge in [-0.05, 0) is 30.5 Å². The number of hydrogen-bond acceptors (Lipinski definition) is 5. The number of amides is 1. The van der Waals surface area contributed by atoms with E-state index in [1.165, 1.54) is 4.31 Å². The number of nitrogens with one attached hydrogen (secondary N) is 2. The number of anilines is 1. The van der Waals surface area contributed by atoms with Crippen molar-refractivity contribution in [2.75, 3.05) is 23.8 Å². The Morgan fingerprint density at radius 3 is 2.56 bits per heavy atom. The lowest BCUT2D eigenvalue weighted by Gasteiger charge is -2.32. The molecule has 8 nitrogen and oxygen atoms in total. The van der Waals surface area contributed by atoms with E-state index < -0.39 is 26.1 Å². The molecule has 1 heterocycles. The minimum atomic E-state index is -3.43. The first-order chi connectivity index (χ1) is 11.6. The Labute approximate surface area is 148 Å². The summed E-state index contributed by atoms with van der Waals surface area (Å²) in [6.07, 6.45) is 4.21. The van der Waals surface area contributed by atoms with E-state index in [4.69, 9.17) is 0 Å². The van der Waals surface area contributed by atoms with Gasteiger partial charge in [0, 0.05) is 18.8 Å². The topological polar surface area (TPSA) is 113 Å². The largest absolute Gasteiger partial charge is 0.351 e. The Hall–Kier alpha value is -1.65. The number of nitrogens with zero attached hydrogens (tertiary/aromatic N) is 1. The maximum absolute atomic E-state index is 12.4. The summed E-state index contributed by atoms with van der Waals surface area (Å²) in [4.78, 5) is 12.4. The molecule has 1 saturated heterocycles. The molecule has 0 saturated carbocycles. The van der Waals surface area contributed by atoms with Crippen molar-refractivity contribution in [3.63, 3.8) is 0 Å². The van der Waals surface area contributed by atoms with Crippen molar-refractivity contribution in [2.45, 2.75) is 31.8 Å². The molecule has 0 aliphatic carbocycles. The second-order valence-corrected chi connectivity index (χ2v) is 9.86. The van der Waals surface area contributed by atoms with Crippen LogP contribution in [0.25, 0.3) is 0 Å². The fourth-order valence-corrected chi connectivity index (χ4v) is 4.51. The van der Waals surface area contributed by atoms with Crippen LogP contribution in [0.15, 0.2) is 24.3 Å². The van der Waals surface area contributed by atoms with Crippen LogP contribution in [0.5, 0.6) is 0 Å². The highest BCUT2D eigenvalue weighted by Gasteiger charge is 2.34. The van der Waals surface area contributed by atoms with Gasteiger partial charge in [-0.3, -0.25) is 9.52 Å². The van der Waals surface area contributed by atoms with Gasteiger partial charge in [-0.2, -0.15) is 4.31 Å². The number of rotatable bonds is 6. The summed E-state index contributed by atoms with van der Waals surface area (Å²) in [5.41, 5.74) is 1.12. The number of benzene rings is 1. The molecule has 1 unspecified atom stereocenters. The monoisotopic (exact) mass is 389 g/mol. The fourth-order valence-electron chi connectivity index (χ4n) is 2.83. The highest BCUT2D eigenvalue weighted by Crippen LogP contribution is 2.20. The summed E-state index contributed by atoms with van der Waals surface area (Å²) in [5, 5.41) is 2.74. The average molecular weight is 389 g/mol. The van der Waals surface area contributed by atoms with Crippen molar-refractivity contribution in [1.82, 2.24) is 9.62 Å². The standard InChI is InChI=1S/C15H23N3O5S2/c1-24(20,21)17-13-7-5-6-12(10-13)11-16-15(19)14-8-3-4-9-18(14)25(2,22)23/h5-7,10,14,17H,3-4,8-9,11H2,1-2H3,(H,16,19). The first-order valence-corrected chi connectivity index (χ1v) is 11.6. The average Bonchev–Trinajstić information content (AvgIpc) is 2.50. The lowest BCUT2D eigenvalue weighted by atomic mass is 10.0. The van der Waals surface area contributed by atoms with Crippen LogP contribution in [0.3, 0.4) is 0 Å². The zero-order chi connectivity index (χ0) is 18.7. The molecule has 2 N–H and O–H groups in total. The molecule has 1 aliphatic heterocycles. The molecule has 1 atom stereocenters. The van der Waals surface area contributed by atoms with Crippen molar-refractivity contribution in [3.8, 4) is 0 Å². The summed E-state index contributed by atoms with van der Waals surface area (Å²) in [6, 6.07) is 5.97. The molecule has 140 valence electrons. The van der Waals surface area contributed by atoms with Crippen molar-refractivity contribution >= 4 is 31.6 Å². The minimum absolute atomic E-state index is 0.187. The van der Waals surface area contributed by atoms with Crippen LogP contribution in [0.2, 0.25) is 0 Å². The second-order valence-electron chi connectivity index (χ2n) is 6.18. The van der Waals surface area contributed by atoms with E-state index in [0.717, 1.165) is 25.4 Å². The number of sulfonamides is 2. The Morgan fingerprint density at radius 2 is 1.92 bits per heavy atom. The smallest absolute Gasteiger partial charge is 0.238 e. The highest BCUT2D eigenvalue weighted by molar-refractivity contribution is 7.92. The van der Waals surface area contributed by atoms with Crippen LogP contribution < -0.4 is 10.0 Å². The molecule has 1 amide bonds. The van der Waals surface area contributed by atoms with E-state index in [0.29, 0.717) is 24.2 Å². The van der Waals surface area contributed by atoms with Gasteiger partial charge in [0.2, 0.25) is 26.0 Å². The number of carbonyl (C=O) groups excluding carboxylic acids is 1. The third-order valence-electron chi connectivity index (χ3n) is 3.88. The third-order valence-corrected chi connectivity index (χ3v) is 5.77. The number of carbonyl (C=O) groups is 1. The molecular weight excluding hydrogens is 366 g/mol. The second kappa shape index (κ2) is 7.71. The van der Waals surface area contributed by atoms with Crippen molar-refractivity contribution in [1.29, 1.82) is 0 Å². The van der Waals surface area contributed by atoms with Gasteiger partial charge >= 0.3 is 0 Å². The van der Waals surface area contributed by atoms with E-state index in [2.05, 4.69) is 10.0 Å². The van der Waals surface area contributed by atoms with Gasteiger partial charge in [0.15, 0.2) is 0 Å². The van der Waals surface area contributed by atoms with Gasteiger partial charge in [0.1, 0.15) is 6.04 Å². The summed E-state index contributed by atoms with van der Waals surface area (Å²) in [7, 11) is -6.81. The SMILES string of the molecule is CS(=O)(=O)Nc1cccc(CNC(=O)C2CCCCN2S(C)(=O)=O)c1. The molecule has 0 radical (unpaired) electrons. The van der Waals surface area contributed by atoms with Crippen LogP contribution in [0.1, 0.15) is 24.8 Å². The molecule has 0 bridgehead atoms. The molecular formula is C15H23N3O5S2. The zero-order valence-corrected chi connectivity index (χ0v) is 15.9. The van der Waals surface area contributed by atoms with Crippen molar-refractivity contribution in [2.24, 2.45) is 0 Å². The summed E-state index contributed by atoms with van der Waals surface area (Å²) >= 11 is 0. The Balaban J connectivity index is 2.03. The minimum Gasteiger partial charge on any atom is -0.351 e. The van der Waals surface area contributed by atoms with Gasteiger partial charge in [-0.25, -0.2) is 16.8 Å². The third kappa shape index (κ3) is 5.98. The predicted molar refractivity (Wildman–Crippen MR) is 95.9 cm³/mol. The summed E-state index contributed by atoms with van der Waals surface area (Å²) < 4.78 is 49.8. The Kier molecular flexibility index (Phi) is 6.07. The molecule has 25 heavy (non-hydrogen) atoms. The van der Waals surface area contributed by atoms with Gasteiger partial charge in [0.05, 0.1) is 12.5 Å². The molecule has 2 rings (SSSR count). The maximum atomic E-state index is 12.4. The van der Waals surface area contributed by atoms with Crippen LogP contribution >= 0.6 is 0 Å². The zero-order valence-electron chi connectivity index (χ0n) is 14.2. The molecule has 0 spiro atoms. The van der Waals surface area contributed by atoms with Crippen molar-refractivity contribution in [3.05, 3.63) is 29.8 Å². The molecule has 1 aromatic carbocycles. The van der Waals surface area contributed by atoms with Gasteiger partial charge in [0.25, 0.3) is 0 Å². The molecule has 1 aromatic rings. The molecule has 1 aliphatic rings. The van der Waals surface area contributed by atoms with Crippen LogP contribution in [0, 0.1) is 0 Å². The van der Waals surface area contributed by atoms with Gasteiger partial charge < -0.3 is 5.32 Å². The molecule has 10 heteroatoms. The van der Waals surface area contributed by atoms with E-state index in [1.54, 1.807) is 24.3 Å². The van der Waals surface area contributed by atoms with Crippen molar-refractivity contribution < 1.29 is 21.6 Å². The summed E-state index contributed by atoms with van der Waals surface area (Å²) in [5.74, 6) is -0.341. The number of piperidine rings is 1. The van der Waals surface area contributed by atoms with E-state index in [1.807, 2.05) is 0 Å². The maximum Gasteiger partial charge on any atom is 0.238 e. The first kappa shape index (κ1) is 19.7. The van der Waals surface area contributed by atoms with Crippen LogP contribution in [0.4, 0.5) is 5.69 Å². The first-order valence-electron chi connectivity index (χ1n) is 7.87. The lowest BCUT2D eigenvalue weighted by molar-refractivity contribution is -0.125. The van der Waals surface area contributed by atoms with E-state index in [-0.39, 0.29) is 12.5 Å². The Bertz CT molecular complexity index is 836. The number of hydrogen-bond donors (Lipinski definition) is 2. The van der Waals surface area contributed by atoms with Gasteiger partial charge in [-0.1, -0.05) is 18.6 Å². The normalized spacial score (nSPS) is 19.4. The highest BCUT2D eigenvalue weighted by atomic mass is 32.2. The molecule has 0 aromatic heterocycles. The quantitative estimate of drug-likeness (QED) is 0.735. The van der Waals surface area contributed by atoms with Crippen LogP contribution in [-0.4, -0.2) is 52.1 Å². The fraction of sp³-hybridized carbons (Fsp3) is 0.533. The van der Waals surface area contributed by atoms with E-state index >= 15 is 0 Å². The van der Waals surface area contributed by atoms with E-state index in [9.17, 15) is 21.6 Å². The van der Waals surface area contributed by atoms with Crippen LogP contribution in [-0.2, 0) is 31.4 Å².